The highest BCUT2D eigenvalue weighted by molar-refractivity contribution is 6.18. The Bertz CT molecular complexity index is 357. The van der Waals surface area contributed by atoms with Crippen molar-refractivity contribution in [3.8, 4) is 0 Å². The first-order valence-corrected chi connectivity index (χ1v) is 5.52. The van der Waals surface area contributed by atoms with Crippen molar-refractivity contribution in [1.29, 1.82) is 0 Å². The van der Waals surface area contributed by atoms with E-state index < -0.39 is 11.6 Å². The lowest BCUT2D eigenvalue weighted by Crippen LogP contribution is -2.27. The maximum absolute atomic E-state index is 11.9. The Kier molecular flexibility index (Phi) is 5.59. The molecular formula is C14H20O3. The van der Waals surface area contributed by atoms with Crippen LogP contribution >= 0.6 is 0 Å². The molecule has 0 amide bonds. The van der Waals surface area contributed by atoms with Crippen LogP contribution in [0, 0.1) is 0 Å². The zero-order valence-corrected chi connectivity index (χ0v) is 11.0. The van der Waals surface area contributed by atoms with Crippen molar-refractivity contribution < 1.29 is 14.3 Å². The molecule has 0 spiro atoms. The lowest BCUT2D eigenvalue weighted by molar-refractivity contribution is -0.150. The fraction of sp³-hybridized carbons (Fsp3) is 0.429. The van der Waals surface area contributed by atoms with E-state index in [2.05, 4.69) is 13.2 Å². The summed E-state index contributed by atoms with van der Waals surface area (Å²) in [5, 5.41) is 0. The third-order valence-corrected chi connectivity index (χ3v) is 1.93. The maximum atomic E-state index is 11.9. The van der Waals surface area contributed by atoms with Crippen molar-refractivity contribution >= 4 is 11.8 Å². The molecule has 0 aliphatic rings. The molecule has 0 saturated heterocycles. The van der Waals surface area contributed by atoms with E-state index in [1.807, 2.05) is 0 Å². The normalized spacial score (nSPS) is 10.4. The summed E-state index contributed by atoms with van der Waals surface area (Å²) in [5.74, 6) is -0.895. The van der Waals surface area contributed by atoms with Gasteiger partial charge in [-0.1, -0.05) is 32.2 Å². The largest absolute Gasteiger partial charge is 0.456 e. The average molecular weight is 236 g/mol. The van der Waals surface area contributed by atoms with E-state index in [1.165, 1.54) is 12.2 Å². The Morgan fingerprint density at radius 1 is 1.18 bits per heavy atom. The lowest BCUT2D eigenvalue weighted by atomic mass is 10.0. The van der Waals surface area contributed by atoms with Gasteiger partial charge in [0.15, 0.2) is 5.78 Å². The summed E-state index contributed by atoms with van der Waals surface area (Å²) in [6.07, 6.45) is 3.10. The molecular weight excluding hydrogens is 216 g/mol. The quantitative estimate of drug-likeness (QED) is 0.242. The van der Waals surface area contributed by atoms with Gasteiger partial charge in [-0.15, -0.1) is 0 Å². The van der Waals surface area contributed by atoms with Crippen molar-refractivity contribution in [3.05, 3.63) is 36.5 Å². The number of carbonyl (C=O) groups excluding carboxylic acids is 2. The SMILES string of the molecule is C=CC(C=C)=C(C(=O)CC)C(=O)OC(C)(C)C. The fourth-order valence-corrected chi connectivity index (χ4v) is 1.19. The summed E-state index contributed by atoms with van der Waals surface area (Å²) in [7, 11) is 0. The van der Waals surface area contributed by atoms with Crippen molar-refractivity contribution in [2.45, 2.75) is 39.7 Å². The highest BCUT2D eigenvalue weighted by atomic mass is 16.6. The maximum Gasteiger partial charge on any atom is 0.342 e. The van der Waals surface area contributed by atoms with E-state index in [9.17, 15) is 9.59 Å². The minimum absolute atomic E-state index is 0.0208. The first-order chi connectivity index (χ1) is 7.76. The van der Waals surface area contributed by atoms with Crippen LogP contribution in [-0.2, 0) is 14.3 Å². The van der Waals surface area contributed by atoms with Gasteiger partial charge in [0.1, 0.15) is 11.2 Å². The molecule has 94 valence electrons. The molecule has 0 aromatic carbocycles. The molecule has 0 bridgehead atoms. The molecule has 0 fully saturated rings. The molecule has 0 aliphatic heterocycles. The van der Waals surface area contributed by atoms with E-state index in [4.69, 9.17) is 4.74 Å². The van der Waals surface area contributed by atoms with E-state index in [1.54, 1.807) is 27.7 Å². The molecule has 0 aliphatic carbocycles. The number of ether oxygens (including phenoxy) is 1. The molecule has 0 atom stereocenters. The third kappa shape index (κ3) is 4.81. The zero-order valence-electron chi connectivity index (χ0n) is 11.0. The standard InChI is InChI=1S/C14H20O3/c1-7-10(8-2)12(11(15)9-3)13(16)17-14(4,5)6/h7-8H,1-2,9H2,3-6H3. The number of rotatable bonds is 5. The van der Waals surface area contributed by atoms with Crippen LogP contribution in [-0.4, -0.2) is 17.4 Å². The predicted molar refractivity (Wildman–Crippen MR) is 68.6 cm³/mol. The van der Waals surface area contributed by atoms with Crippen LogP contribution in [0.15, 0.2) is 36.5 Å². The number of Topliss-reactive ketones (excluding diaryl/α,β-unsaturated/α-hetero) is 1. The molecule has 0 heterocycles. The van der Waals surface area contributed by atoms with Gasteiger partial charge in [0.05, 0.1) is 0 Å². The van der Waals surface area contributed by atoms with Crippen LogP contribution in [0.4, 0.5) is 0 Å². The van der Waals surface area contributed by atoms with Crippen LogP contribution in [0.1, 0.15) is 34.1 Å². The fourth-order valence-electron chi connectivity index (χ4n) is 1.19. The second-order valence-electron chi connectivity index (χ2n) is 4.52. The summed E-state index contributed by atoms with van der Waals surface area (Å²) < 4.78 is 5.19. The van der Waals surface area contributed by atoms with Gasteiger partial charge < -0.3 is 4.74 Å². The molecule has 17 heavy (non-hydrogen) atoms. The Labute approximate surface area is 103 Å². The van der Waals surface area contributed by atoms with Gasteiger partial charge in [0.2, 0.25) is 0 Å². The first kappa shape index (κ1) is 15.4. The van der Waals surface area contributed by atoms with Gasteiger partial charge in [-0.25, -0.2) is 4.79 Å². The van der Waals surface area contributed by atoms with Crippen molar-refractivity contribution in [3.63, 3.8) is 0 Å². The molecule has 0 N–H and O–H groups in total. The van der Waals surface area contributed by atoms with Gasteiger partial charge >= 0.3 is 5.97 Å². The predicted octanol–water partition coefficient (Wildman–Crippen LogP) is 2.98. The van der Waals surface area contributed by atoms with Crippen LogP contribution in [0.3, 0.4) is 0 Å². The van der Waals surface area contributed by atoms with Crippen LogP contribution in [0.25, 0.3) is 0 Å². The summed E-state index contributed by atoms with van der Waals surface area (Å²) in [6.45, 7) is 14.1. The number of esters is 1. The topological polar surface area (TPSA) is 43.4 Å². The summed E-state index contributed by atoms with van der Waals surface area (Å²) in [4.78, 5) is 23.7. The lowest BCUT2D eigenvalue weighted by Gasteiger charge is -2.20. The molecule has 0 aromatic heterocycles. The van der Waals surface area contributed by atoms with E-state index >= 15 is 0 Å². The summed E-state index contributed by atoms with van der Waals surface area (Å²) in [6, 6.07) is 0. The zero-order chi connectivity index (χ0) is 13.6. The van der Waals surface area contributed by atoms with Gasteiger partial charge in [0, 0.05) is 6.42 Å². The van der Waals surface area contributed by atoms with Crippen LogP contribution in [0.2, 0.25) is 0 Å². The minimum Gasteiger partial charge on any atom is -0.456 e. The number of carbonyl (C=O) groups is 2. The third-order valence-electron chi connectivity index (χ3n) is 1.93. The highest BCUT2D eigenvalue weighted by Crippen LogP contribution is 2.17. The number of hydrogen-bond acceptors (Lipinski definition) is 3. The Morgan fingerprint density at radius 2 is 1.65 bits per heavy atom. The molecule has 3 heteroatoms. The summed E-state index contributed by atoms with van der Waals surface area (Å²) >= 11 is 0. The Morgan fingerprint density at radius 3 is 1.94 bits per heavy atom. The van der Waals surface area contributed by atoms with Crippen molar-refractivity contribution in [2.75, 3.05) is 0 Å². The smallest absolute Gasteiger partial charge is 0.342 e. The van der Waals surface area contributed by atoms with Crippen LogP contribution < -0.4 is 0 Å². The summed E-state index contributed by atoms with van der Waals surface area (Å²) in [5.41, 5.74) is -0.206. The van der Waals surface area contributed by atoms with Gasteiger partial charge in [0.25, 0.3) is 0 Å². The molecule has 0 saturated carbocycles. The van der Waals surface area contributed by atoms with Gasteiger partial charge in [-0.2, -0.15) is 0 Å². The number of ketones is 1. The Hall–Kier alpha value is -1.64. The molecule has 0 unspecified atom stereocenters. The van der Waals surface area contributed by atoms with Crippen LogP contribution in [0.5, 0.6) is 0 Å². The Balaban J connectivity index is 5.43. The van der Waals surface area contributed by atoms with Gasteiger partial charge in [-0.05, 0) is 26.3 Å². The average Bonchev–Trinajstić information content (AvgIpc) is 2.21. The second-order valence-corrected chi connectivity index (χ2v) is 4.52. The van der Waals surface area contributed by atoms with E-state index in [0.29, 0.717) is 5.57 Å². The first-order valence-electron chi connectivity index (χ1n) is 5.52. The van der Waals surface area contributed by atoms with Crippen molar-refractivity contribution in [2.24, 2.45) is 0 Å². The van der Waals surface area contributed by atoms with E-state index in [0.717, 1.165) is 0 Å². The molecule has 0 aromatic rings. The monoisotopic (exact) mass is 236 g/mol. The molecule has 0 radical (unpaired) electrons. The number of hydrogen-bond donors (Lipinski definition) is 0. The van der Waals surface area contributed by atoms with E-state index in [-0.39, 0.29) is 17.8 Å². The molecule has 0 rings (SSSR count). The number of allylic oxidation sites excluding steroid dienone is 3. The highest BCUT2D eigenvalue weighted by Gasteiger charge is 2.25. The van der Waals surface area contributed by atoms with Gasteiger partial charge in [-0.3, -0.25) is 4.79 Å². The minimum atomic E-state index is -0.635. The second kappa shape index (κ2) is 6.18. The van der Waals surface area contributed by atoms with Crippen molar-refractivity contribution in [1.82, 2.24) is 0 Å². The molecule has 3 nitrogen and oxygen atoms in total.